The average molecular weight is 374 g/mol. The van der Waals surface area contributed by atoms with Gasteiger partial charge in [-0.1, -0.05) is 13.8 Å². The summed E-state index contributed by atoms with van der Waals surface area (Å²) in [5, 5.41) is 0. The molecule has 138 valence electrons. The van der Waals surface area contributed by atoms with Crippen LogP contribution in [0.25, 0.3) is 0 Å². The number of sulfonamides is 1. The van der Waals surface area contributed by atoms with Crippen LogP contribution in [0, 0.1) is 0 Å². The number of anilines is 2. The molecule has 26 heavy (non-hydrogen) atoms. The molecule has 2 aromatic rings. The van der Waals surface area contributed by atoms with E-state index in [2.05, 4.69) is 4.72 Å². The second-order valence-corrected chi connectivity index (χ2v) is 8.68. The van der Waals surface area contributed by atoms with Gasteiger partial charge >= 0.3 is 0 Å². The molecule has 1 heterocycles. The van der Waals surface area contributed by atoms with Gasteiger partial charge in [-0.05, 0) is 48.0 Å². The van der Waals surface area contributed by atoms with Crippen LogP contribution in [0.3, 0.4) is 0 Å². The second-order valence-electron chi connectivity index (χ2n) is 7.00. The number of nitrogens with zero attached hydrogens (tertiary/aromatic N) is 1. The summed E-state index contributed by atoms with van der Waals surface area (Å²) in [4.78, 5) is 13.7. The molecule has 0 radical (unpaired) electrons. The molecule has 7 heteroatoms. The van der Waals surface area contributed by atoms with Gasteiger partial charge in [0.2, 0.25) is 5.91 Å². The minimum Gasteiger partial charge on any atom is -0.497 e. The van der Waals surface area contributed by atoms with Gasteiger partial charge in [0.25, 0.3) is 10.0 Å². The van der Waals surface area contributed by atoms with E-state index in [9.17, 15) is 13.2 Å². The van der Waals surface area contributed by atoms with Crippen molar-refractivity contribution in [2.75, 3.05) is 23.3 Å². The van der Waals surface area contributed by atoms with Crippen molar-refractivity contribution in [3.05, 3.63) is 48.0 Å². The van der Waals surface area contributed by atoms with Gasteiger partial charge in [-0.2, -0.15) is 0 Å². The van der Waals surface area contributed by atoms with E-state index in [0.717, 1.165) is 11.3 Å². The molecule has 0 spiro atoms. The van der Waals surface area contributed by atoms with Gasteiger partial charge in [-0.15, -0.1) is 0 Å². The highest BCUT2D eigenvalue weighted by Gasteiger charge is 2.37. The minimum atomic E-state index is -3.74. The molecule has 1 aliphatic rings. The van der Waals surface area contributed by atoms with Crippen molar-refractivity contribution in [3.63, 3.8) is 0 Å². The first kappa shape index (κ1) is 18.3. The maximum Gasteiger partial charge on any atom is 0.261 e. The molecule has 6 nitrogen and oxygen atoms in total. The summed E-state index contributed by atoms with van der Waals surface area (Å²) in [5.74, 6) is 0.598. The van der Waals surface area contributed by atoms with E-state index >= 15 is 0 Å². The molecular formula is C19H22N2O4S. The van der Waals surface area contributed by atoms with E-state index in [1.54, 1.807) is 48.4 Å². The van der Waals surface area contributed by atoms with Gasteiger partial charge in [0, 0.05) is 30.3 Å². The van der Waals surface area contributed by atoms with Crippen molar-refractivity contribution < 1.29 is 17.9 Å². The van der Waals surface area contributed by atoms with Crippen LogP contribution in [-0.2, 0) is 20.2 Å². The molecule has 3 rings (SSSR count). The monoisotopic (exact) mass is 374 g/mol. The highest BCUT2D eigenvalue weighted by atomic mass is 32.2. The van der Waals surface area contributed by atoms with E-state index in [1.807, 2.05) is 13.8 Å². The van der Waals surface area contributed by atoms with Crippen molar-refractivity contribution in [2.45, 2.75) is 31.1 Å². The quantitative estimate of drug-likeness (QED) is 0.892. The Morgan fingerprint density at radius 3 is 2.38 bits per heavy atom. The molecule has 0 bridgehead atoms. The summed E-state index contributed by atoms with van der Waals surface area (Å²) >= 11 is 0. The Morgan fingerprint density at radius 1 is 1.15 bits per heavy atom. The lowest BCUT2D eigenvalue weighted by atomic mass is 9.87. The number of amides is 1. The highest BCUT2D eigenvalue weighted by Crippen LogP contribution is 2.41. The fourth-order valence-corrected chi connectivity index (χ4v) is 4.26. The summed E-state index contributed by atoms with van der Waals surface area (Å²) < 4.78 is 33.2. The standard InChI is InChI=1S/C19H22N2O4S/c1-13(22)21-12-19(2,3)17-11-16(9-10-18(17)21)26(23,24)20-14-5-7-15(25-4)8-6-14/h5-11,20H,12H2,1-4H3. The molecule has 1 aliphatic heterocycles. The number of hydrogen-bond donors (Lipinski definition) is 1. The zero-order valence-corrected chi connectivity index (χ0v) is 16.1. The molecule has 2 aromatic carbocycles. The van der Waals surface area contributed by atoms with Gasteiger partial charge in [0.15, 0.2) is 0 Å². The third kappa shape index (κ3) is 3.26. The van der Waals surface area contributed by atoms with E-state index < -0.39 is 10.0 Å². The first-order valence-electron chi connectivity index (χ1n) is 8.23. The zero-order chi connectivity index (χ0) is 19.1. The van der Waals surface area contributed by atoms with Gasteiger partial charge < -0.3 is 9.64 Å². The van der Waals surface area contributed by atoms with Gasteiger partial charge in [0.05, 0.1) is 12.0 Å². The minimum absolute atomic E-state index is 0.0520. The van der Waals surface area contributed by atoms with Crippen molar-refractivity contribution in [1.29, 1.82) is 0 Å². The molecule has 1 N–H and O–H groups in total. The fourth-order valence-electron chi connectivity index (χ4n) is 3.18. The molecule has 0 saturated heterocycles. The SMILES string of the molecule is COc1ccc(NS(=O)(=O)c2ccc3c(c2)C(C)(C)CN3C(C)=O)cc1. The van der Waals surface area contributed by atoms with E-state index in [4.69, 9.17) is 4.74 Å². The highest BCUT2D eigenvalue weighted by molar-refractivity contribution is 7.92. The van der Waals surface area contributed by atoms with Crippen LogP contribution in [0.5, 0.6) is 5.75 Å². The first-order valence-corrected chi connectivity index (χ1v) is 9.72. The number of rotatable bonds is 4. The molecule has 0 atom stereocenters. The van der Waals surface area contributed by atoms with Crippen LogP contribution in [0.2, 0.25) is 0 Å². The molecular weight excluding hydrogens is 352 g/mol. The smallest absolute Gasteiger partial charge is 0.261 e. The summed E-state index contributed by atoms with van der Waals surface area (Å²) in [6.07, 6.45) is 0. The number of carbonyl (C=O) groups is 1. The number of carbonyl (C=O) groups excluding carboxylic acids is 1. The number of methoxy groups -OCH3 is 1. The Hall–Kier alpha value is -2.54. The number of nitrogens with one attached hydrogen (secondary N) is 1. The van der Waals surface area contributed by atoms with Crippen LogP contribution < -0.4 is 14.4 Å². The Labute approximate surface area is 153 Å². The summed E-state index contributed by atoms with van der Waals surface area (Å²) in [5.41, 5.74) is 1.76. The fraction of sp³-hybridized carbons (Fsp3) is 0.316. The van der Waals surface area contributed by atoms with Crippen LogP contribution in [0.1, 0.15) is 26.3 Å². The summed E-state index contributed by atoms with van der Waals surface area (Å²) in [6, 6.07) is 11.6. The van der Waals surface area contributed by atoms with Gasteiger partial charge in [-0.3, -0.25) is 9.52 Å². The number of benzene rings is 2. The lowest BCUT2D eigenvalue weighted by Crippen LogP contribution is -2.31. The van der Waals surface area contributed by atoms with Crippen molar-refractivity contribution in [1.82, 2.24) is 0 Å². The normalized spacial score (nSPS) is 15.5. The molecule has 0 aromatic heterocycles. The number of hydrogen-bond acceptors (Lipinski definition) is 4. The van der Waals surface area contributed by atoms with Crippen molar-refractivity contribution >= 4 is 27.3 Å². The Kier molecular flexibility index (Phi) is 4.44. The lowest BCUT2D eigenvalue weighted by Gasteiger charge is -2.19. The maximum atomic E-state index is 12.8. The Morgan fingerprint density at radius 2 is 1.81 bits per heavy atom. The lowest BCUT2D eigenvalue weighted by molar-refractivity contribution is -0.116. The largest absolute Gasteiger partial charge is 0.497 e. The molecule has 0 aliphatic carbocycles. The third-order valence-corrected chi connectivity index (χ3v) is 5.95. The van der Waals surface area contributed by atoms with Crippen molar-refractivity contribution in [2.24, 2.45) is 0 Å². The van der Waals surface area contributed by atoms with E-state index in [0.29, 0.717) is 18.0 Å². The number of ether oxygens (including phenoxy) is 1. The third-order valence-electron chi connectivity index (χ3n) is 4.57. The van der Waals surface area contributed by atoms with E-state index in [1.165, 1.54) is 13.0 Å². The predicted octanol–water partition coefficient (Wildman–Crippen LogP) is 3.14. The van der Waals surface area contributed by atoms with E-state index in [-0.39, 0.29) is 16.2 Å². The van der Waals surface area contributed by atoms with Crippen molar-refractivity contribution in [3.8, 4) is 5.75 Å². The maximum absolute atomic E-state index is 12.8. The molecule has 0 fully saturated rings. The van der Waals surface area contributed by atoms with Crippen LogP contribution >= 0.6 is 0 Å². The molecule has 1 amide bonds. The second kappa shape index (κ2) is 6.32. The van der Waals surface area contributed by atoms with Gasteiger partial charge in [0.1, 0.15) is 5.75 Å². The number of fused-ring (bicyclic) bond motifs is 1. The Balaban J connectivity index is 1.95. The van der Waals surface area contributed by atoms with Crippen LogP contribution in [0.4, 0.5) is 11.4 Å². The summed E-state index contributed by atoms with van der Waals surface area (Å²) in [6.45, 7) is 6.05. The predicted molar refractivity (Wildman–Crippen MR) is 101 cm³/mol. The topological polar surface area (TPSA) is 75.7 Å². The summed E-state index contributed by atoms with van der Waals surface area (Å²) in [7, 11) is -2.19. The molecule has 0 unspecified atom stereocenters. The average Bonchev–Trinajstić information content (AvgIpc) is 2.86. The van der Waals surface area contributed by atoms with Gasteiger partial charge in [-0.25, -0.2) is 8.42 Å². The first-order chi connectivity index (χ1) is 12.1. The Bertz CT molecular complexity index is 950. The molecule has 0 saturated carbocycles. The zero-order valence-electron chi connectivity index (χ0n) is 15.2. The van der Waals surface area contributed by atoms with Crippen LogP contribution in [0.15, 0.2) is 47.4 Å². The van der Waals surface area contributed by atoms with Crippen LogP contribution in [-0.4, -0.2) is 28.0 Å².